The molecule has 5 heteroatoms. The van der Waals surface area contributed by atoms with Gasteiger partial charge >= 0.3 is 0 Å². The van der Waals surface area contributed by atoms with Gasteiger partial charge in [-0.25, -0.2) is 4.98 Å². The Morgan fingerprint density at radius 1 is 0.909 bits per heavy atom. The number of thioether (sulfide) groups is 1. The van der Waals surface area contributed by atoms with Crippen LogP contribution in [0.1, 0.15) is 16.7 Å². The van der Waals surface area contributed by atoms with E-state index in [-0.39, 0.29) is 0 Å². The highest BCUT2D eigenvalue weighted by atomic mass is 32.2. The van der Waals surface area contributed by atoms with Crippen molar-refractivity contribution in [2.45, 2.75) is 17.7 Å². The second-order valence-electron chi connectivity index (χ2n) is 7.70. The molecule has 0 aliphatic carbocycles. The molecule has 0 spiro atoms. The van der Waals surface area contributed by atoms with Gasteiger partial charge in [-0.2, -0.15) is 5.26 Å². The van der Waals surface area contributed by atoms with E-state index in [9.17, 15) is 9.47 Å². The van der Waals surface area contributed by atoms with Gasteiger partial charge in [0.15, 0.2) is 0 Å². The summed E-state index contributed by atoms with van der Waals surface area (Å²) in [4.78, 5) is 4.83. The van der Waals surface area contributed by atoms with Gasteiger partial charge in [-0.1, -0.05) is 90.5 Å². The van der Waals surface area contributed by atoms with E-state index in [4.69, 9.17) is 4.98 Å². The largest absolute Gasteiger partial charge is 0.259 e. The zero-order valence-electron chi connectivity index (χ0n) is 18.4. The molecular weight excluding hydrogens is 444 g/mol. The minimum absolute atomic E-state index is 0.540. The smallest absolute Gasteiger partial charge is 0.115 e. The summed E-state index contributed by atoms with van der Waals surface area (Å²) in [6, 6.07) is 32.4. The third-order valence-electron chi connectivity index (χ3n) is 5.25. The number of aryl methyl sites for hydroxylation is 1. The van der Waals surface area contributed by atoms with Gasteiger partial charge in [0.25, 0.3) is 0 Å². The van der Waals surface area contributed by atoms with Crippen LogP contribution in [-0.4, -0.2) is 20.7 Å². The van der Waals surface area contributed by atoms with E-state index in [0.29, 0.717) is 27.8 Å². The zero-order valence-corrected chi connectivity index (χ0v) is 20.0. The molecule has 1 unspecified atom stereocenters. The topological polar surface area (TPSA) is 53.8 Å². The van der Waals surface area contributed by atoms with Crippen LogP contribution < -0.4 is 0 Å². The molecule has 0 fully saturated rings. The molecule has 0 radical (unpaired) electrons. The maximum atomic E-state index is 12.6. The lowest BCUT2D eigenvalue weighted by Gasteiger charge is -2.12. The molecule has 1 heterocycles. The Hall–Kier alpha value is -3.20. The van der Waals surface area contributed by atoms with Crippen LogP contribution in [0.3, 0.4) is 0 Å². The molecule has 3 nitrogen and oxygen atoms in total. The number of hydrogen-bond donors (Lipinski definition) is 0. The number of pyridine rings is 1. The lowest BCUT2D eigenvalue weighted by molar-refractivity contribution is 0.683. The zero-order chi connectivity index (χ0) is 23.0. The van der Waals surface area contributed by atoms with E-state index in [2.05, 4.69) is 6.07 Å². The fourth-order valence-corrected chi connectivity index (χ4v) is 5.95. The van der Waals surface area contributed by atoms with Crippen LogP contribution in [0.15, 0.2) is 96.0 Å². The summed E-state index contributed by atoms with van der Waals surface area (Å²) in [6.07, 6.45) is 0. The summed E-state index contributed by atoms with van der Waals surface area (Å²) in [7, 11) is -0.974. The van der Waals surface area contributed by atoms with E-state index in [1.54, 1.807) is 0 Å². The number of hydrogen-bond acceptors (Lipinski definition) is 4. The standard InChI is InChI=1S/C28H24N2OS2/c1-21-12-14-22(15-13-21)20-33(31)17-16-32-28-26(19-29)25(23-8-4-2-5-9-23)18-27(30-28)24-10-6-3-7-11-24/h2-15,18H,16-17,20H2,1H3. The molecule has 164 valence electrons. The van der Waals surface area contributed by atoms with Crippen molar-refractivity contribution in [2.24, 2.45) is 0 Å². The van der Waals surface area contributed by atoms with E-state index < -0.39 is 10.8 Å². The summed E-state index contributed by atoms with van der Waals surface area (Å²) in [5, 5.41) is 10.7. The Balaban J connectivity index is 1.58. The SMILES string of the molecule is Cc1ccc(CS(=O)CCSc2nc(-c3ccccc3)cc(-c3ccccc3)c2C#N)cc1. The summed E-state index contributed by atoms with van der Waals surface area (Å²) < 4.78 is 12.6. The summed E-state index contributed by atoms with van der Waals surface area (Å²) in [5.74, 6) is 1.71. The van der Waals surface area contributed by atoms with Gasteiger partial charge < -0.3 is 0 Å². The molecular formula is C28H24N2OS2. The second kappa shape index (κ2) is 11.1. The molecule has 0 bridgehead atoms. The lowest BCUT2D eigenvalue weighted by atomic mass is 9.99. The van der Waals surface area contributed by atoms with Crippen molar-refractivity contribution < 1.29 is 4.21 Å². The number of rotatable bonds is 8. The van der Waals surface area contributed by atoms with Crippen LogP contribution in [0.5, 0.6) is 0 Å². The van der Waals surface area contributed by atoms with Crippen molar-refractivity contribution in [1.82, 2.24) is 4.98 Å². The minimum atomic E-state index is -0.974. The second-order valence-corrected chi connectivity index (χ2v) is 10.4. The van der Waals surface area contributed by atoms with Gasteiger partial charge in [0, 0.05) is 39.2 Å². The third-order valence-corrected chi connectivity index (χ3v) is 7.80. The first-order valence-electron chi connectivity index (χ1n) is 10.7. The molecule has 4 aromatic rings. The predicted molar refractivity (Wildman–Crippen MR) is 138 cm³/mol. The summed E-state index contributed by atoms with van der Waals surface area (Å²) in [5.41, 5.74) is 6.53. The summed E-state index contributed by atoms with van der Waals surface area (Å²) in [6.45, 7) is 2.05. The lowest BCUT2D eigenvalue weighted by Crippen LogP contribution is -2.04. The number of benzene rings is 3. The van der Waals surface area contributed by atoms with Gasteiger partial charge in [0.1, 0.15) is 11.1 Å². The Morgan fingerprint density at radius 3 is 2.18 bits per heavy atom. The molecule has 33 heavy (non-hydrogen) atoms. The van der Waals surface area contributed by atoms with Gasteiger partial charge in [-0.15, -0.1) is 11.8 Å². The predicted octanol–water partition coefficient (Wildman–Crippen LogP) is 6.64. The molecule has 4 rings (SSSR count). The van der Waals surface area contributed by atoms with Crippen molar-refractivity contribution >= 4 is 22.6 Å². The molecule has 0 N–H and O–H groups in total. The average Bonchev–Trinajstić information content (AvgIpc) is 2.86. The highest BCUT2D eigenvalue weighted by molar-refractivity contribution is 8.00. The van der Waals surface area contributed by atoms with E-state index in [0.717, 1.165) is 27.9 Å². The first-order chi connectivity index (χ1) is 16.1. The van der Waals surface area contributed by atoms with Crippen molar-refractivity contribution in [2.75, 3.05) is 11.5 Å². The van der Waals surface area contributed by atoms with Gasteiger partial charge in [-0.05, 0) is 24.1 Å². The number of nitriles is 1. The molecule has 0 saturated heterocycles. The molecule has 0 amide bonds. The Kier molecular flexibility index (Phi) is 7.72. The average molecular weight is 469 g/mol. The van der Waals surface area contributed by atoms with Gasteiger partial charge in [0.2, 0.25) is 0 Å². The minimum Gasteiger partial charge on any atom is -0.259 e. The van der Waals surface area contributed by atoms with Crippen LogP contribution >= 0.6 is 11.8 Å². The fourth-order valence-electron chi connectivity index (χ4n) is 3.51. The van der Waals surface area contributed by atoms with Crippen LogP contribution in [0, 0.1) is 18.3 Å². The Bertz CT molecular complexity index is 1280. The maximum absolute atomic E-state index is 12.6. The van der Waals surface area contributed by atoms with Crippen LogP contribution in [0.2, 0.25) is 0 Å². The summed E-state index contributed by atoms with van der Waals surface area (Å²) >= 11 is 1.50. The Labute approximate surface area is 202 Å². The molecule has 0 saturated carbocycles. The van der Waals surface area contributed by atoms with E-state index in [1.807, 2.05) is 97.9 Å². The quantitative estimate of drug-likeness (QED) is 0.272. The Morgan fingerprint density at radius 2 is 1.55 bits per heavy atom. The number of aromatic nitrogens is 1. The molecule has 3 aromatic carbocycles. The van der Waals surface area contributed by atoms with Crippen LogP contribution in [0.25, 0.3) is 22.4 Å². The van der Waals surface area contributed by atoms with Crippen molar-refractivity contribution in [3.8, 4) is 28.5 Å². The van der Waals surface area contributed by atoms with Crippen molar-refractivity contribution in [3.05, 3.63) is 108 Å². The molecule has 0 aliphatic rings. The molecule has 0 aliphatic heterocycles. The molecule has 1 aromatic heterocycles. The van der Waals surface area contributed by atoms with Crippen molar-refractivity contribution in [3.63, 3.8) is 0 Å². The first kappa shape index (κ1) is 23.0. The van der Waals surface area contributed by atoms with E-state index >= 15 is 0 Å². The monoisotopic (exact) mass is 468 g/mol. The van der Waals surface area contributed by atoms with Gasteiger partial charge in [-0.3, -0.25) is 4.21 Å². The van der Waals surface area contributed by atoms with E-state index in [1.165, 1.54) is 17.3 Å². The molecule has 1 atom stereocenters. The van der Waals surface area contributed by atoms with Gasteiger partial charge in [0.05, 0.1) is 11.3 Å². The highest BCUT2D eigenvalue weighted by Gasteiger charge is 2.16. The third kappa shape index (κ3) is 5.98. The fraction of sp³-hybridized carbons (Fsp3) is 0.143. The normalized spacial score (nSPS) is 11.6. The first-order valence-corrected chi connectivity index (χ1v) is 13.2. The highest BCUT2D eigenvalue weighted by Crippen LogP contribution is 2.34. The maximum Gasteiger partial charge on any atom is 0.115 e. The van der Waals surface area contributed by atoms with Crippen LogP contribution in [0.4, 0.5) is 0 Å². The van der Waals surface area contributed by atoms with Crippen molar-refractivity contribution in [1.29, 1.82) is 5.26 Å². The van der Waals surface area contributed by atoms with Crippen LogP contribution in [-0.2, 0) is 16.6 Å². The number of nitrogens with zero attached hydrogens (tertiary/aromatic N) is 2.